The molecule has 0 saturated carbocycles. The molecule has 3 heterocycles. The van der Waals surface area contributed by atoms with Gasteiger partial charge in [0.2, 0.25) is 5.91 Å². The number of hydrogen-bond donors (Lipinski definition) is 3. The number of fused-ring (bicyclic) bond motifs is 1. The Bertz CT molecular complexity index is 569. The molecule has 0 aliphatic carbocycles. The Labute approximate surface area is 129 Å². The van der Waals surface area contributed by atoms with Gasteiger partial charge in [0.15, 0.2) is 0 Å². The highest BCUT2D eigenvalue weighted by Gasteiger charge is 2.43. The van der Waals surface area contributed by atoms with E-state index in [-0.39, 0.29) is 23.7 Å². The van der Waals surface area contributed by atoms with E-state index in [1.807, 2.05) is 11.0 Å². The molecule has 22 heavy (non-hydrogen) atoms. The fraction of sp³-hybridized carbons (Fsp3) is 0.562. The van der Waals surface area contributed by atoms with E-state index in [2.05, 4.69) is 16.2 Å². The number of carbonyl (C=O) groups excluding carboxylic acids is 1. The maximum Gasteiger partial charge on any atom is 0.229 e. The minimum Gasteiger partial charge on any atom is -0.342 e. The van der Waals surface area contributed by atoms with Crippen LogP contribution in [0.25, 0.3) is 0 Å². The summed E-state index contributed by atoms with van der Waals surface area (Å²) in [5.74, 6) is 0.796. The molecule has 6 heteroatoms. The summed E-state index contributed by atoms with van der Waals surface area (Å²) in [7, 11) is 0. The molecule has 3 aliphatic heterocycles. The molecule has 5 nitrogen and oxygen atoms in total. The molecule has 3 N–H and O–H groups in total. The van der Waals surface area contributed by atoms with Crippen LogP contribution in [-0.4, -0.2) is 43.5 Å². The molecule has 3 aliphatic rings. The van der Waals surface area contributed by atoms with E-state index in [9.17, 15) is 9.18 Å². The Balaban J connectivity index is 1.51. The lowest BCUT2D eigenvalue weighted by atomic mass is 9.93. The van der Waals surface area contributed by atoms with Gasteiger partial charge in [0.05, 0.1) is 12.0 Å². The topological polar surface area (TPSA) is 56.4 Å². The fourth-order valence-electron chi connectivity index (χ4n) is 4.02. The van der Waals surface area contributed by atoms with Gasteiger partial charge in [0.1, 0.15) is 5.82 Å². The van der Waals surface area contributed by atoms with Crippen LogP contribution in [0.3, 0.4) is 0 Å². The zero-order valence-electron chi connectivity index (χ0n) is 12.4. The quantitative estimate of drug-likeness (QED) is 0.734. The molecule has 1 aromatic carbocycles. The second kappa shape index (κ2) is 5.61. The third kappa shape index (κ3) is 2.31. The lowest BCUT2D eigenvalue weighted by Crippen LogP contribution is -2.39. The Morgan fingerprint density at radius 1 is 1.14 bits per heavy atom. The summed E-state index contributed by atoms with van der Waals surface area (Å²) >= 11 is 0. The summed E-state index contributed by atoms with van der Waals surface area (Å²) in [4.78, 5) is 14.9. The van der Waals surface area contributed by atoms with Crippen molar-refractivity contribution in [2.45, 2.75) is 6.04 Å². The first-order valence-corrected chi connectivity index (χ1v) is 7.96. The number of amides is 1. The molecule has 0 bridgehead atoms. The lowest BCUT2D eigenvalue weighted by molar-refractivity contribution is -0.134. The summed E-state index contributed by atoms with van der Waals surface area (Å²) in [6, 6.07) is 6.39. The second-order valence-corrected chi connectivity index (χ2v) is 6.55. The van der Waals surface area contributed by atoms with Crippen LogP contribution in [0.15, 0.2) is 24.3 Å². The van der Waals surface area contributed by atoms with Crippen molar-refractivity contribution in [2.75, 3.05) is 32.7 Å². The van der Waals surface area contributed by atoms with Crippen molar-refractivity contribution < 1.29 is 9.18 Å². The van der Waals surface area contributed by atoms with Crippen molar-refractivity contribution in [1.29, 1.82) is 0 Å². The smallest absolute Gasteiger partial charge is 0.229 e. The van der Waals surface area contributed by atoms with Gasteiger partial charge in [-0.15, -0.1) is 0 Å². The molecule has 1 aromatic rings. The molecule has 3 fully saturated rings. The fourth-order valence-corrected chi connectivity index (χ4v) is 4.02. The normalized spacial score (nSPS) is 34.1. The van der Waals surface area contributed by atoms with Crippen molar-refractivity contribution in [1.82, 2.24) is 21.1 Å². The van der Waals surface area contributed by atoms with Crippen LogP contribution >= 0.6 is 0 Å². The number of carbonyl (C=O) groups is 1. The van der Waals surface area contributed by atoms with E-state index < -0.39 is 0 Å². The first-order chi connectivity index (χ1) is 10.7. The number of nitrogens with one attached hydrogen (secondary N) is 3. The Kier molecular flexibility index (Phi) is 3.60. The molecule has 4 atom stereocenters. The number of hydrazine groups is 1. The molecule has 3 saturated heterocycles. The van der Waals surface area contributed by atoms with E-state index >= 15 is 0 Å². The first kappa shape index (κ1) is 14.1. The van der Waals surface area contributed by atoms with E-state index in [1.165, 1.54) is 6.07 Å². The van der Waals surface area contributed by atoms with E-state index in [0.717, 1.165) is 26.2 Å². The van der Waals surface area contributed by atoms with Crippen LogP contribution in [0.2, 0.25) is 0 Å². The molecule has 1 amide bonds. The summed E-state index contributed by atoms with van der Waals surface area (Å²) in [6.07, 6.45) is 0. The largest absolute Gasteiger partial charge is 0.342 e. The Hall–Kier alpha value is -1.50. The van der Waals surface area contributed by atoms with Gasteiger partial charge < -0.3 is 10.2 Å². The van der Waals surface area contributed by atoms with Crippen molar-refractivity contribution in [3.05, 3.63) is 35.6 Å². The second-order valence-electron chi connectivity index (χ2n) is 6.55. The minimum absolute atomic E-state index is 0.139. The Morgan fingerprint density at radius 2 is 1.86 bits per heavy atom. The van der Waals surface area contributed by atoms with Crippen molar-refractivity contribution in [2.24, 2.45) is 17.8 Å². The van der Waals surface area contributed by atoms with Crippen LogP contribution < -0.4 is 16.2 Å². The van der Waals surface area contributed by atoms with Crippen molar-refractivity contribution in [3.63, 3.8) is 0 Å². The van der Waals surface area contributed by atoms with Gasteiger partial charge in [-0.1, -0.05) is 18.2 Å². The molecule has 0 radical (unpaired) electrons. The van der Waals surface area contributed by atoms with Gasteiger partial charge >= 0.3 is 0 Å². The molecule has 4 rings (SSSR count). The van der Waals surface area contributed by atoms with Gasteiger partial charge in [-0.05, 0) is 17.9 Å². The molecular formula is C16H21FN4O. The average Bonchev–Trinajstić information content (AvgIpc) is 3.22. The maximum absolute atomic E-state index is 14.0. The number of rotatable bonds is 2. The zero-order chi connectivity index (χ0) is 15.1. The third-order valence-electron chi connectivity index (χ3n) is 5.24. The van der Waals surface area contributed by atoms with Crippen LogP contribution in [-0.2, 0) is 4.79 Å². The number of hydrogen-bond acceptors (Lipinski definition) is 4. The minimum atomic E-state index is -0.299. The summed E-state index contributed by atoms with van der Waals surface area (Å²) in [5, 5.41) is 3.38. The maximum atomic E-state index is 14.0. The number of halogens is 1. The summed E-state index contributed by atoms with van der Waals surface area (Å²) in [6.45, 7) is 4.22. The highest BCUT2D eigenvalue weighted by Crippen LogP contribution is 2.32. The number of likely N-dealkylation sites (tertiary alicyclic amines) is 1. The first-order valence-electron chi connectivity index (χ1n) is 7.96. The van der Waals surface area contributed by atoms with Crippen LogP contribution in [0.1, 0.15) is 11.6 Å². The predicted molar refractivity (Wildman–Crippen MR) is 80.2 cm³/mol. The molecule has 2 unspecified atom stereocenters. The highest BCUT2D eigenvalue weighted by atomic mass is 19.1. The highest BCUT2D eigenvalue weighted by molar-refractivity contribution is 5.80. The van der Waals surface area contributed by atoms with Gasteiger partial charge in [0.25, 0.3) is 0 Å². The van der Waals surface area contributed by atoms with Gasteiger partial charge in [-0.2, -0.15) is 0 Å². The molecule has 0 aromatic heterocycles. The molecule has 0 spiro atoms. The zero-order valence-corrected chi connectivity index (χ0v) is 12.4. The average molecular weight is 304 g/mol. The van der Waals surface area contributed by atoms with Crippen LogP contribution in [0.5, 0.6) is 0 Å². The lowest BCUT2D eigenvalue weighted by Gasteiger charge is -2.25. The van der Waals surface area contributed by atoms with Gasteiger partial charge in [-0.3, -0.25) is 10.2 Å². The van der Waals surface area contributed by atoms with E-state index in [0.29, 0.717) is 23.9 Å². The molecule has 118 valence electrons. The van der Waals surface area contributed by atoms with Crippen molar-refractivity contribution in [3.8, 4) is 0 Å². The van der Waals surface area contributed by atoms with Gasteiger partial charge in [0, 0.05) is 38.3 Å². The third-order valence-corrected chi connectivity index (χ3v) is 5.24. The SMILES string of the molecule is O=C(C1CNNC1c1ccccc1F)N1C[C@H]2CNC[C@H]2C1. The Morgan fingerprint density at radius 3 is 2.59 bits per heavy atom. The van der Waals surface area contributed by atoms with E-state index in [1.54, 1.807) is 12.1 Å². The summed E-state index contributed by atoms with van der Waals surface area (Å²) < 4.78 is 14.0. The monoisotopic (exact) mass is 304 g/mol. The van der Waals surface area contributed by atoms with E-state index in [4.69, 9.17) is 0 Å². The summed E-state index contributed by atoms with van der Waals surface area (Å²) in [5.41, 5.74) is 6.66. The molecular weight excluding hydrogens is 283 g/mol. The van der Waals surface area contributed by atoms with Crippen LogP contribution in [0, 0.1) is 23.6 Å². The van der Waals surface area contributed by atoms with Crippen molar-refractivity contribution >= 4 is 5.91 Å². The number of benzene rings is 1. The number of nitrogens with zero attached hydrogens (tertiary/aromatic N) is 1. The standard InChI is InChI=1S/C16H21FN4O/c17-14-4-2-1-3-12(14)15-13(7-19-20-15)16(22)21-8-10-5-18-6-11(10)9-21/h1-4,10-11,13,15,18-20H,5-9H2/t10-,11+,13?,15?. The van der Waals surface area contributed by atoms with Crippen LogP contribution in [0.4, 0.5) is 4.39 Å². The van der Waals surface area contributed by atoms with Gasteiger partial charge in [-0.25, -0.2) is 9.82 Å². The predicted octanol–water partition coefficient (Wildman–Crippen LogP) is 0.269.